The van der Waals surface area contributed by atoms with Gasteiger partial charge in [0.1, 0.15) is 5.75 Å². The summed E-state index contributed by atoms with van der Waals surface area (Å²) in [5.41, 5.74) is 2.12. The first-order valence-electron chi connectivity index (χ1n) is 8.01. The first kappa shape index (κ1) is 15.9. The summed E-state index contributed by atoms with van der Waals surface area (Å²) in [5, 5.41) is 0. The number of rotatable bonds is 6. The molecule has 1 aliphatic rings. The normalized spacial score (nSPS) is 15.0. The van der Waals surface area contributed by atoms with Gasteiger partial charge >= 0.3 is 0 Å². The van der Waals surface area contributed by atoms with E-state index in [1.165, 1.54) is 5.56 Å². The number of ether oxygens (including phenoxy) is 1. The molecule has 0 radical (unpaired) electrons. The van der Waals surface area contributed by atoms with E-state index in [-0.39, 0.29) is 5.78 Å². The lowest BCUT2D eigenvalue weighted by Crippen LogP contribution is -1.97. The van der Waals surface area contributed by atoms with Gasteiger partial charge in [0.15, 0.2) is 0 Å². The standard InChI is InChI=1S/C20H20O2S/c1-2-22-16-12-13-18-17(14-16)20(21)19(23-18)11-7-6-10-15-8-4-3-5-9-15/h3-5,8-9,11-14H,2,6-7,10H2,1H3/b19-11-. The lowest BCUT2D eigenvalue weighted by atomic mass is 10.1. The van der Waals surface area contributed by atoms with Gasteiger partial charge in [-0.05, 0) is 49.9 Å². The molecule has 0 atom stereocenters. The summed E-state index contributed by atoms with van der Waals surface area (Å²) in [7, 11) is 0. The first-order chi connectivity index (χ1) is 11.3. The Balaban J connectivity index is 1.60. The topological polar surface area (TPSA) is 26.3 Å². The van der Waals surface area contributed by atoms with Gasteiger partial charge in [-0.3, -0.25) is 4.79 Å². The molecule has 23 heavy (non-hydrogen) atoms. The molecule has 0 amide bonds. The lowest BCUT2D eigenvalue weighted by molar-refractivity contribution is 0.104. The van der Waals surface area contributed by atoms with Crippen LogP contribution in [-0.4, -0.2) is 12.4 Å². The average molecular weight is 324 g/mol. The van der Waals surface area contributed by atoms with Gasteiger partial charge in [0, 0.05) is 10.5 Å². The van der Waals surface area contributed by atoms with E-state index in [1.807, 2.05) is 31.2 Å². The number of thioether (sulfide) groups is 1. The third kappa shape index (κ3) is 3.85. The van der Waals surface area contributed by atoms with Gasteiger partial charge < -0.3 is 4.74 Å². The highest BCUT2D eigenvalue weighted by molar-refractivity contribution is 8.04. The Bertz CT molecular complexity index is 720. The molecule has 0 bridgehead atoms. The van der Waals surface area contributed by atoms with E-state index in [0.717, 1.165) is 40.4 Å². The van der Waals surface area contributed by atoms with E-state index in [2.05, 4.69) is 30.3 Å². The minimum atomic E-state index is 0.131. The summed E-state index contributed by atoms with van der Waals surface area (Å²) in [6.45, 7) is 2.56. The van der Waals surface area contributed by atoms with E-state index in [4.69, 9.17) is 4.74 Å². The fourth-order valence-electron chi connectivity index (χ4n) is 2.65. The van der Waals surface area contributed by atoms with Crippen molar-refractivity contribution in [3.63, 3.8) is 0 Å². The number of benzene rings is 2. The summed E-state index contributed by atoms with van der Waals surface area (Å²) in [6.07, 6.45) is 5.11. The molecular formula is C20H20O2S. The number of hydrogen-bond acceptors (Lipinski definition) is 3. The van der Waals surface area contributed by atoms with Crippen LogP contribution in [0.25, 0.3) is 0 Å². The zero-order chi connectivity index (χ0) is 16.1. The molecule has 0 N–H and O–H groups in total. The molecule has 0 aromatic heterocycles. The number of fused-ring (bicyclic) bond motifs is 1. The van der Waals surface area contributed by atoms with Crippen molar-refractivity contribution in [3.8, 4) is 5.75 Å². The Morgan fingerprint density at radius 2 is 1.96 bits per heavy atom. The smallest absolute Gasteiger partial charge is 0.200 e. The van der Waals surface area contributed by atoms with Gasteiger partial charge in [0.25, 0.3) is 0 Å². The number of aryl methyl sites for hydroxylation is 1. The van der Waals surface area contributed by atoms with Crippen LogP contribution in [0.5, 0.6) is 5.75 Å². The molecule has 0 saturated heterocycles. The van der Waals surface area contributed by atoms with Gasteiger partial charge in [-0.2, -0.15) is 0 Å². The molecule has 2 aromatic rings. The minimum absolute atomic E-state index is 0.131. The summed E-state index contributed by atoms with van der Waals surface area (Å²) in [6, 6.07) is 16.2. The van der Waals surface area contributed by atoms with Crippen molar-refractivity contribution in [1.82, 2.24) is 0 Å². The summed E-state index contributed by atoms with van der Waals surface area (Å²) in [5.74, 6) is 0.900. The highest BCUT2D eigenvalue weighted by Gasteiger charge is 2.25. The molecule has 1 aliphatic heterocycles. The van der Waals surface area contributed by atoms with Crippen LogP contribution < -0.4 is 4.74 Å². The third-order valence-electron chi connectivity index (χ3n) is 3.79. The van der Waals surface area contributed by atoms with E-state index in [9.17, 15) is 4.79 Å². The Kier molecular flexibility index (Phi) is 5.19. The van der Waals surface area contributed by atoms with Crippen LogP contribution in [0.2, 0.25) is 0 Å². The third-order valence-corrected chi connectivity index (χ3v) is 4.94. The van der Waals surface area contributed by atoms with Crippen LogP contribution in [-0.2, 0) is 6.42 Å². The van der Waals surface area contributed by atoms with Gasteiger partial charge in [-0.1, -0.05) is 48.2 Å². The molecular weight excluding hydrogens is 304 g/mol. The van der Waals surface area contributed by atoms with Crippen molar-refractivity contribution in [2.75, 3.05) is 6.61 Å². The Labute approximate surface area is 141 Å². The number of unbranched alkanes of at least 4 members (excludes halogenated alkanes) is 1. The van der Waals surface area contributed by atoms with E-state index in [0.29, 0.717) is 6.61 Å². The van der Waals surface area contributed by atoms with E-state index < -0.39 is 0 Å². The summed E-state index contributed by atoms with van der Waals surface area (Å²) in [4.78, 5) is 14.4. The van der Waals surface area contributed by atoms with Gasteiger partial charge in [0.2, 0.25) is 5.78 Å². The zero-order valence-corrected chi connectivity index (χ0v) is 14.1. The van der Waals surface area contributed by atoms with Crippen LogP contribution in [0.4, 0.5) is 0 Å². The second kappa shape index (κ2) is 7.51. The molecule has 118 valence electrons. The van der Waals surface area contributed by atoms with Crippen molar-refractivity contribution in [1.29, 1.82) is 0 Å². The van der Waals surface area contributed by atoms with Gasteiger partial charge in [-0.15, -0.1) is 0 Å². The SMILES string of the molecule is CCOc1ccc2c(c1)C(=O)/C(=C/CCCc1ccccc1)S2. The average Bonchev–Trinajstić information content (AvgIpc) is 2.89. The highest BCUT2D eigenvalue weighted by atomic mass is 32.2. The zero-order valence-electron chi connectivity index (χ0n) is 13.2. The molecule has 1 heterocycles. The fourth-order valence-corrected chi connectivity index (χ4v) is 3.69. The monoisotopic (exact) mass is 324 g/mol. The maximum Gasteiger partial charge on any atom is 0.200 e. The number of hydrogen-bond donors (Lipinski definition) is 0. The summed E-state index contributed by atoms with van der Waals surface area (Å²) >= 11 is 1.57. The van der Waals surface area contributed by atoms with Gasteiger partial charge in [-0.25, -0.2) is 0 Å². The molecule has 0 fully saturated rings. The van der Waals surface area contributed by atoms with Crippen LogP contribution in [0.1, 0.15) is 35.7 Å². The molecule has 0 spiro atoms. The van der Waals surface area contributed by atoms with Crippen molar-refractivity contribution in [2.45, 2.75) is 31.1 Å². The Hall–Kier alpha value is -2.00. The van der Waals surface area contributed by atoms with Crippen LogP contribution in [0.3, 0.4) is 0 Å². The predicted octanol–water partition coefficient (Wildman–Crippen LogP) is 5.28. The maximum atomic E-state index is 12.5. The summed E-state index contributed by atoms with van der Waals surface area (Å²) < 4.78 is 5.48. The second-order valence-electron chi connectivity index (χ2n) is 5.47. The minimum Gasteiger partial charge on any atom is -0.494 e. The van der Waals surface area contributed by atoms with Crippen LogP contribution in [0, 0.1) is 0 Å². The van der Waals surface area contributed by atoms with Crippen LogP contribution in [0.15, 0.2) is 64.4 Å². The molecule has 0 unspecified atom stereocenters. The fraction of sp³-hybridized carbons (Fsp3) is 0.250. The quantitative estimate of drug-likeness (QED) is 0.534. The first-order valence-corrected chi connectivity index (χ1v) is 8.83. The molecule has 3 heteroatoms. The van der Waals surface area contributed by atoms with Crippen molar-refractivity contribution < 1.29 is 9.53 Å². The lowest BCUT2D eigenvalue weighted by Gasteiger charge is -2.03. The molecule has 2 nitrogen and oxygen atoms in total. The van der Waals surface area contributed by atoms with Crippen molar-refractivity contribution in [3.05, 3.63) is 70.6 Å². The highest BCUT2D eigenvalue weighted by Crippen LogP contribution is 2.41. The number of ketones is 1. The number of allylic oxidation sites excluding steroid dienone is 2. The van der Waals surface area contributed by atoms with E-state index >= 15 is 0 Å². The van der Waals surface area contributed by atoms with E-state index in [1.54, 1.807) is 11.8 Å². The Morgan fingerprint density at radius 3 is 2.74 bits per heavy atom. The maximum absolute atomic E-state index is 12.5. The number of carbonyl (C=O) groups excluding carboxylic acids is 1. The Morgan fingerprint density at radius 1 is 1.13 bits per heavy atom. The van der Waals surface area contributed by atoms with Crippen molar-refractivity contribution in [2.24, 2.45) is 0 Å². The van der Waals surface area contributed by atoms with Crippen LogP contribution >= 0.6 is 11.8 Å². The molecule has 0 aliphatic carbocycles. The van der Waals surface area contributed by atoms with Gasteiger partial charge in [0.05, 0.1) is 11.5 Å². The molecule has 2 aromatic carbocycles. The number of Topliss-reactive ketones (excluding diaryl/α,β-unsaturated/α-hetero) is 1. The number of carbonyl (C=O) groups is 1. The molecule has 0 saturated carbocycles. The molecule has 3 rings (SSSR count). The largest absolute Gasteiger partial charge is 0.494 e. The van der Waals surface area contributed by atoms with Crippen molar-refractivity contribution >= 4 is 17.5 Å². The second-order valence-corrected chi connectivity index (χ2v) is 6.55. The predicted molar refractivity (Wildman–Crippen MR) is 95.3 cm³/mol.